The minimum Gasteiger partial charge on any atom is -0.369 e. The van der Waals surface area contributed by atoms with E-state index in [1.54, 1.807) is 12.1 Å². The Labute approximate surface area is 149 Å². The van der Waals surface area contributed by atoms with Gasteiger partial charge in [0.05, 0.1) is 4.88 Å². The number of carbonyl (C=O) groups is 2. The molecule has 0 atom stereocenters. The molecule has 0 spiro atoms. The van der Waals surface area contributed by atoms with Gasteiger partial charge in [0.2, 0.25) is 5.91 Å². The fourth-order valence-corrected chi connectivity index (χ4v) is 4.69. The Morgan fingerprint density at radius 2 is 1.88 bits per heavy atom. The highest BCUT2D eigenvalue weighted by molar-refractivity contribution is 7.20. The van der Waals surface area contributed by atoms with Gasteiger partial charge in [0.1, 0.15) is 5.82 Å². The predicted molar refractivity (Wildman–Crippen MR) is 95.0 cm³/mol. The summed E-state index contributed by atoms with van der Waals surface area (Å²) < 4.78 is 14.2. The molecule has 5 nitrogen and oxygen atoms in total. The van der Waals surface area contributed by atoms with E-state index in [4.69, 9.17) is 5.73 Å². The zero-order valence-electron chi connectivity index (χ0n) is 13.8. The molecule has 0 aliphatic carbocycles. The molecule has 2 aliphatic rings. The molecule has 2 fully saturated rings. The summed E-state index contributed by atoms with van der Waals surface area (Å²) in [6.07, 6.45) is 1.61. The van der Waals surface area contributed by atoms with Crippen LogP contribution in [0.1, 0.15) is 22.5 Å². The van der Waals surface area contributed by atoms with Gasteiger partial charge >= 0.3 is 0 Å². The number of hydrogen-bond acceptors (Lipinski definition) is 4. The summed E-state index contributed by atoms with van der Waals surface area (Å²) in [5.74, 6) is -0.475. The first-order valence-corrected chi connectivity index (χ1v) is 9.34. The Morgan fingerprint density at radius 1 is 1.16 bits per heavy atom. The van der Waals surface area contributed by atoms with Gasteiger partial charge in [0.25, 0.3) is 5.91 Å². The van der Waals surface area contributed by atoms with Crippen molar-refractivity contribution in [2.45, 2.75) is 18.9 Å². The van der Waals surface area contributed by atoms with E-state index in [1.165, 1.54) is 23.5 Å². The monoisotopic (exact) mass is 361 g/mol. The summed E-state index contributed by atoms with van der Waals surface area (Å²) in [6.45, 7) is 3.15. The summed E-state index contributed by atoms with van der Waals surface area (Å²) in [5, 5.41) is 0.777. The number of benzene rings is 1. The molecular weight excluding hydrogens is 341 g/mol. The number of thiophene rings is 1. The third-order valence-corrected chi connectivity index (χ3v) is 6.39. The Hall–Kier alpha value is -1.99. The van der Waals surface area contributed by atoms with Crippen molar-refractivity contribution in [2.75, 3.05) is 26.2 Å². The normalized spacial score (nSPS) is 20.0. The molecule has 132 valence electrons. The molecule has 0 radical (unpaired) electrons. The molecule has 1 aromatic carbocycles. The number of amides is 2. The molecule has 2 aliphatic heterocycles. The lowest BCUT2D eigenvalue weighted by molar-refractivity contribution is -0.123. The van der Waals surface area contributed by atoms with Crippen molar-refractivity contribution in [1.29, 1.82) is 0 Å². The maximum absolute atomic E-state index is 13.3. The number of primary amides is 1. The van der Waals surface area contributed by atoms with Gasteiger partial charge in [-0.1, -0.05) is 0 Å². The molecule has 4 rings (SSSR count). The van der Waals surface area contributed by atoms with Crippen LogP contribution < -0.4 is 5.73 Å². The number of carbonyl (C=O) groups excluding carboxylic acids is 2. The Bertz CT molecular complexity index is 823. The SMILES string of the molecule is NC(=O)C1CCN(C2CN(C(=O)c3cc4cc(F)ccc4s3)C2)CC1. The Balaban J connectivity index is 1.35. The van der Waals surface area contributed by atoms with E-state index in [1.807, 2.05) is 4.90 Å². The van der Waals surface area contributed by atoms with Crippen molar-refractivity contribution in [3.63, 3.8) is 0 Å². The summed E-state index contributed by atoms with van der Waals surface area (Å²) in [7, 11) is 0. The number of likely N-dealkylation sites (tertiary alicyclic amines) is 2. The van der Waals surface area contributed by atoms with Gasteiger partial charge < -0.3 is 10.6 Å². The molecule has 25 heavy (non-hydrogen) atoms. The average molecular weight is 361 g/mol. The average Bonchev–Trinajstić information content (AvgIpc) is 2.97. The van der Waals surface area contributed by atoms with Gasteiger partial charge in [-0.2, -0.15) is 0 Å². The van der Waals surface area contributed by atoms with E-state index in [0.29, 0.717) is 24.0 Å². The molecule has 3 heterocycles. The van der Waals surface area contributed by atoms with E-state index in [9.17, 15) is 14.0 Å². The van der Waals surface area contributed by atoms with Crippen LogP contribution in [-0.4, -0.2) is 53.8 Å². The van der Waals surface area contributed by atoms with Crippen LogP contribution in [0.4, 0.5) is 4.39 Å². The van der Waals surface area contributed by atoms with Crippen molar-refractivity contribution >= 4 is 33.2 Å². The van der Waals surface area contributed by atoms with Crippen LogP contribution in [0.2, 0.25) is 0 Å². The highest BCUT2D eigenvalue weighted by Gasteiger charge is 2.37. The van der Waals surface area contributed by atoms with Crippen LogP contribution in [0.25, 0.3) is 10.1 Å². The number of halogens is 1. The zero-order chi connectivity index (χ0) is 17.6. The van der Waals surface area contributed by atoms with Crippen LogP contribution in [-0.2, 0) is 4.79 Å². The van der Waals surface area contributed by atoms with Gasteiger partial charge in [0.15, 0.2) is 0 Å². The Kier molecular flexibility index (Phi) is 4.21. The molecule has 2 saturated heterocycles. The molecule has 1 aromatic heterocycles. The first kappa shape index (κ1) is 16.5. The molecular formula is C18H20FN3O2S. The standard InChI is InChI=1S/C18H20FN3O2S/c19-13-1-2-15-12(7-13)8-16(25-15)18(24)22-9-14(10-22)21-5-3-11(4-6-21)17(20)23/h1-2,7-8,11,14H,3-6,9-10H2,(H2,20,23). The van der Waals surface area contributed by atoms with E-state index in [0.717, 1.165) is 36.0 Å². The fourth-order valence-electron chi connectivity index (χ4n) is 3.68. The van der Waals surface area contributed by atoms with Crippen molar-refractivity contribution < 1.29 is 14.0 Å². The minimum atomic E-state index is -0.285. The van der Waals surface area contributed by atoms with Gasteiger partial charge in [-0.15, -0.1) is 11.3 Å². The minimum absolute atomic E-state index is 0.00648. The number of nitrogens with two attached hydrogens (primary N) is 1. The van der Waals surface area contributed by atoms with Gasteiger partial charge in [0, 0.05) is 29.7 Å². The lowest BCUT2D eigenvalue weighted by Crippen LogP contribution is -2.62. The van der Waals surface area contributed by atoms with Crippen molar-refractivity contribution in [1.82, 2.24) is 9.80 Å². The lowest BCUT2D eigenvalue weighted by atomic mass is 9.93. The first-order chi connectivity index (χ1) is 12.0. The third kappa shape index (κ3) is 3.14. The second kappa shape index (κ2) is 6.38. The van der Waals surface area contributed by atoms with E-state index >= 15 is 0 Å². The summed E-state index contributed by atoms with van der Waals surface area (Å²) >= 11 is 1.41. The zero-order valence-corrected chi connectivity index (χ0v) is 14.6. The Morgan fingerprint density at radius 3 is 2.56 bits per heavy atom. The highest BCUT2D eigenvalue weighted by Crippen LogP contribution is 2.30. The first-order valence-electron chi connectivity index (χ1n) is 8.53. The summed E-state index contributed by atoms with van der Waals surface area (Å²) in [6, 6.07) is 6.74. The fraction of sp³-hybridized carbons (Fsp3) is 0.444. The van der Waals surface area contributed by atoms with Crippen LogP contribution in [0.5, 0.6) is 0 Å². The third-order valence-electron chi connectivity index (χ3n) is 5.29. The number of fused-ring (bicyclic) bond motifs is 1. The summed E-state index contributed by atoms with van der Waals surface area (Å²) in [4.78, 5) is 28.7. The van der Waals surface area contributed by atoms with Gasteiger partial charge in [-0.3, -0.25) is 14.5 Å². The van der Waals surface area contributed by atoms with Crippen molar-refractivity contribution in [3.8, 4) is 0 Å². The maximum Gasteiger partial charge on any atom is 0.264 e. The molecule has 7 heteroatoms. The number of rotatable bonds is 3. The summed E-state index contributed by atoms with van der Waals surface area (Å²) in [5.41, 5.74) is 5.37. The smallest absolute Gasteiger partial charge is 0.264 e. The number of hydrogen-bond donors (Lipinski definition) is 1. The second-order valence-electron chi connectivity index (χ2n) is 6.87. The van der Waals surface area contributed by atoms with Gasteiger partial charge in [-0.05, 0) is 55.6 Å². The van der Waals surface area contributed by atoms with Crippen LogP contribution in [0, 0.1) is 11.7 Å². The van der Waals surface area contributed by atoms with Crippen molar-refractivity contribution in [3.05, 3.63) is 35.0 Å². The molecule has 0 bridgehead atoms. The quantitative estimate of drug-likeness (QED) is 0.910. The largest absolute Gasteiger partial charge is 0.369 e. The molecule has 2 amide bonds. The maximum atomic E-state index is 13.3. The molecule has 2 N–H and O–H groups in total. The topological polar surface area (TPSA) is 66.6 Å². The molecule has 2 aromatic rings. The van der Waals surface area contributed by atoms with Crippen molar-refractivity contribution in [2.24, 2.45) is 11.7 Å². The van der Waals surface area contributed by atoms with E-state index in [2.05, 4.69) is 4.90 Å². The second-order valence-corrected chi connectivity index (χ2v) is 7.95. The predicted octanol–water partition coefficient (Wildman–Crippen LogP) is 2.06. The number of piperidine rings is 1. The van der Waals surface area contributed by atoms with Crippen LogP contribution in [0.3, 0.4) is 0 Å². The van der Waals surface area contributed by atoms with Crippen LogP contribution in [0.15, 0.2) is 24.3 Å². The molecule has 0 unspecified atom stereocenters. The van der Waals surface area contributed by atoms with Crippen LogP contribution >= 0.6 is 11.3 Å². The van der Waals surface area contributed by atoms with E-state index < -0.39 is 0 Å². The number of nitrogens with zero attached hydrogens (tertiary/aromatic N) is 2. The van der Waals surface area contributed by atoms with Gasteiger partial charge in [-0.25, -0.2) is 4.39 Å². The van der Waals surface area contributed by atoms with E-state index in [-0.39, 0.29) is 23.5 Å². The highest BCUT2D eigenvalue weighted by atomic mass is 32.1. The molecule has 0 saturated carbocycles. The lowest BCUT2D eigenvalue weighted by Gasteiger charge is -2.47.